The molecule has 0 bridgehead atoms. The summed E-state index contributed by atoms with van der Waals surface area (Å²) < 4.78 is 3.87. The van der Waals surface area contributed by atoms with Crippen molar-refractivity contribution in [1.29, 1.82) is 0 Å². The van der Waals surface area contributed by atoms with Gasteiger partial charge in [-0.15, -0.1) is 0 Å². The molecular weight excluding hydrogens is 434 g/mol. The van der Waals surface area contributed by atoms with Gasteiger partial charge in [-0.1, -0.05) is 29.8 Å². The van der Waals surface area contributed by atoms with E-state index in [9.17, 15) is 9.59 Å². The average molecular weight is 454 g/mol. The smallest absolute Gasteiger partial charge is 0.275 e. The topological polar surface area (TPSA) is 81.8 Å². The summed E-state index contributed by atoms with van der Waals surface area (Å²) in [5, 5.41) is 13.9. The first-order valence-electron chi connectivity index (χ1n) is 9.25. The lowest BCUT2D eigenvalue weighted by atomic mass is 10.0. The third-order valence-electron chi connectivity index (χ3n) is 4.82. The highest BCUT2D eigenvalue weighted by atomic mass is 79.9. The number of hydrogen-bond donors (Lipinski definition) is 1. The van der Waals surface area contributed by atoms with Gasteiger partial charge in [0.2, 0.25) is 5.91 Å². The van der Waals surface area contributed by atoms with Gasteiger partial charge in [0.05, 0.1) is 22.8 Å². The van der Waals surface area contributed by atoms with Gasteiger partial charge in [0, 0.05) is 28.0 Å². The zero-order valence-corrected chi connectivity index (χ0v) is 17.9. The molecule has 0 fully saturated rings. The summed E-state index contributed by atoms with van der Waals surface area (Å²) in [6.07, 6.45) is 1.77. The van der Waals surface area contributed by atoms with Crippen molar-refractivity contribution in [2.24, 2.45) is 7.05 Å². The van der Waals surface area contributed by atoms with Gasteiger partial charge >= 0.3 is 0 Å². The number of aromatic nitrogens is 4. The Bertz CT molecular complexity index is 1310. The van der Waals surface area contributed by atoms with Crippen LogP contribution in [-0.2, 0) is 18.4 Å². The highest BCUT2D eigenvalue weighted by molar-refractivity contribution is 9.10. The summed E-state index contributed by atoms with van der Waals surface area (Å²) in [7, 11) is 1.85. The molecule has 148 valence electrons. The monoisotopic (exact) mass is 453 g/mol. The highest BCUT2D eigenvalue weighted by Crippen LogP contribution is 2.24. The average Bonchev–Trinajstić information content (AvgIpc) is 3.04. The Morgan fingerprint density at radius 3 is 2.72 bits per heavy atom. The van der Waals surface area contributed by atoms with Gasteiger partial charge in [0.1, 0.15) is 6.54 Å². The van der Waals surface area contributed by atoms with E-state index in [1.807, 2.05) is 51.2 Å². The van der Waals surface area contributed by atoms with Crippen LogP contribution < -0.4 is 10.9 Å². The Balaban J connectivity index is 1.66. The molecule has 4 aromatic rings. The van der Waals surface area contributed by atoms with Crippen LogP contribution in [0.5, 0.6) is 0 Å². The van der Waals surface area contributed by atoms with Crippen LogP contribution in [0.3, 0.4) is 0 Å². The van der Waals surface area contributed by atoms with Crippen LogP contribution >= 0.6 is 15.9 Å². The molecule has 29 heavy (non-hydrogen) atoms. The molecule has 1 N–H and O–H groups in total. The summed E-state index contributed by atoms with van der Waals surface area (Å²) in [4.78, 5) is 25.5. The van der Waals surface area contributed by atoms with Crippen LogP contribution in [0, 0.1) is 0 Å². The Kier molecular flexibility index (Phi) is 4.96. The number of carbonyl (C=O) groups excluding carboxylic acids is 1. The second-order valence-corrected chi connectivity index (χ2v) is 8.20. The fourth-order valence-electron chi connectivity index (χ4n) is 3.38. The van der Waals surface area contributed by atoms with E-state index in [2.05, 4.69) is 31.4 Å². The number of rotatable bonds is 4. The molecule has 0 saturated heterocycles. The third kappa shape index (κ3) is 3.67. The number of halogens is 1. The molecule has 1 amide bonds. The van der Waals surface area contributed by atoms with Crippen LogP contribution in [0.4, 0.5) is 5.69 Å². The largest absolute Gasteiger partial charge is 0.324 e. The molecule has 0 aliphatic heterocycles. The molecule has 0 atom stereocenters. The van der Waals surface area contributed by atoms with Gasteiger partial charge in [-0.3, -0.25) is 14.3 Å². The second kappa shape index (κ2) is 7.44. The molecule has 2 aromatic heterocycles. The molecule has 0 spiro atoms. The predicted octanol–water partition coefficient (Wildman–Crippen LogP) is 3.81. The van der Waals surface area contributed by atoms with Gasteiger partial charge in [0.15, 0.2) is 0 Å². The fraction of sp³-hybridized carbons (Fsp3) is 0.238. The van der Waals surface area contributed by atoms with Gasteiger partial charge in [-0.25, -0.2) is 4.68 Å². The molecule has 7 nitrogen and oxygen atoms in total. The Morgan fingerprint density at radius 2 is 1.97 bits per heavy atom. The van der Waals surface area contributed by atoms with Crippen molar-refractivity contribution in [3.05, 3.63) is 63.1 Å². The molecule has 0 aliphatic rings. The minimum absolute atomic E-state index is 0.106. The number of amides is 1. The van der Waals surface area contributed by atoms with E-state index >= 15 is 0 Å². The van der Waals surface area contributed by atoms with E-state index in [0.29, 0.717) is 11.1 Å². The van der Waals surface area contributed by atoms with Crippen molar-refractivity contribution >= 4 is 49.2 Å². The summed E-state index contributed by atoms with van der Waals surface area (Å²) in [6, 6.07) is 11.0. The van der Waals surface area contributed by atoms with E-state index in [4.69, 9.17) is 0 Å². The van der Waals surface area contributed by atoms with Gasteiger partial charge < -0.3 is 5.32 Å². The second-order valence-electron chi connectivity index (χ2n) is 7.28. The Hall–Kier alpha value is -3.00. The molecule has 2 aromatic carbocycles. The lowest BCUT2D eigenvalue weighted by Crippen LogP contribution is -2.31. The maximum Gasteiger partial charge on any atom is 0.275 e. The molecule has 8 heteroatoms. The summed E-state index contributed by atoms with van der Waals surface area (Å²) in [5.41, 5.74) is 2.06. The molecule has 0 aliphatic carbocycles. The number of nitrogens with one attached hydrogen (secondary N) is 1. The number of anilines is 1. The molecule has 4 rings (SSSR count). The molecular formula is C21H20BrN5O2. The standard InChI is InChI=1S/C21H20BrN5O2/c1-12(2)20-17-8-14(22)5-7-16(17)21(29)27(25-20)11-19(28)24-15-6-4-13-10-23-26(3)18(13)9-15/h4-10,12H,11H2,1-3H3,(H,24,28). The quantitative estimate of drug-likeness (QED) is 0.509. The number of hydrogen-bond acceptors (Lipinski definition) is 4. The van der Waals surface area contributed by atoms with E-state index in [1.165, 1.54) is 4.68 Å². The fourth-order valence-corrected chi connectivity index (χ4v) is 3.74. The Morgan fingerprint density at radius 1 is 1.17 bits per heavy atom. The first-order valence-corrected chi connectivity index (χ1v) is 10.0. The third-order valence-corrected chi connectivity index (χ3v) is 5.32. The van der Waals surface area contributed by atoms with Crippen molar-refractivity contribution in [1.82, 2.24) is 19.6 Å². The van der Waals surface area contributed by atoms with Crippen molar-refractivity contribution in [3.63, 3.8) is 0 Å². The summed E-state index contributed by atoms with van der Waals surface area (Å²) >= 11 is 3.45. The van der Waals surface area contributed by atoms with Crippen molar-refractivity contribution in [3.8, 4) is 0 Å². The minimum Gasteiger partial charge on any atom is -0.324 e. The van der Waals surface area contributed by atoms with Crippen LogP contribution in [0.25, 0.3) is 21.7 Å². The number of benzene rings is 2. The summed E-state index contributed by atoms with van der Waals surface area (Å²) in [5.74, 6) is -0.207. The van der Waals surface area contributed by atoms with Crippen LogP contribution in [-0.4, -0.2) is 25.5 Å². The zero-order chi connectivity index (χ0) is 20.7. The van der Waals surface area contributed by atoms with Crippen molar-refractivity contribution in [2.75, 3.05) is 5.32 Å². The number of fused-ring (bicyclic) bond motifs is 2. The van der Waals surface area contributed by atoms with Crippen LogP contribution in [0.15, 0.2) is 51.9 Å². The maximum absolute atomic E-state index is 12.9. The van der Waals surface area contributed by atoms with Crippen LogP contribution in [0.1, 0.15) is 25.5 Å². The normalized spacial score (nSPS) is 11.5. The first kappa shape index (κ1) is 19.3. The van der Waals surface area contributed by atoms with Gasteiger partial charge in [0.25, 0.3) is 5.56 Å². The van der Waals surface area contributed by atoms with E-state index in [1.54, 1.807) is 16.9 Å². The van der Waals surface area contributed by atoms with Crippen molar-refractivity contribution < 1.29 is 4.79 Å². The van der Waals surface area contributed by atoms with E-state index < -0.39 is 0 Å². The molecule has 0 saturated carbocycles. The van der Waals surface area contributed by atoms with E-state index in [0.717, 1.165) is 26.5 Å². The van der Waals surface area contributed by atoms with Crippen LogP contribution in [0.2, 0.25) is 0 Å². The van der Waals surface area contributed by atoms with E-state index in [-0.39, 0.29) is 23.9 Å². The maximum atomic E-state index is 12.9. The zero-order valence-electron chi connectivity index (χ0n) is 16.3. The SMILES string of the molecule is CC(C)c1nn(CC(=O)Nc2ccc3cnn(C)c3c2)c(=O)c2ccc(Br)cc12. The molecule has 0 unspecified atom stereocenters. The minimum atomic E-state index is -0.313. The molecule has 2 heterocycles. The Labute approximate surface area is 175 Å². The number of nitrogens with zero attached hydrogens (tertiary/aromatic N) is 4. The number of carbonyl (C=O) groups is 1. The highest BCUT2D eigenvalue weighted by Gasteiger charge is 2.16. The molecule has 0 radical (unpaired) electrons. The predicted molar refractivity (Wildman–Crippen MR) is 117 cm³/mol. The van der Waals surface area contributed by atoms with Gasteiger partial charge in [-0.2, -0.15) is 10.2 Å². The summed E-state index contributed by atoms with van der Waals surface area (Å²) in [6.45, 7) is 3.87. The van der Waals surface area contributed by atoms with Crippen molar-refractivity contribution in [2.45, 2.75) is 26.3 Å². The lowest BCUT2D eigenvalue weighted by molar-refractivity contribution is -0.117. The number of aryl methyl sites for hydroxylation is 1. The first-order chi connectivity index (χ1) is 13.8. The van der Waals surface area contributed by atoms with Gasteiger partial charge in [-0.05, 0) is 42.3 Å². The lowest BCUT2D eigenvalue weighted by Gasteiger charge is -2.13.